The van der Waals surface area contributed by atoms with Gasteiger partial charge in [0.2, 0.25) is 5.91 Å². The Morgan fingerprint density at radius 2 is 2.04 bits per heavy atom. The Kier molecular flexibility index (Phi) is 6.04. The van der Waals surface area contributed by atoms with Crippen molar-refractivity contribution in [2.45, 2.75) is 58.3 Å². The first-order valence-electron chi connectivity index (χ1n) is 8.24. The Morgan fingerprint density at radius 1 is 1.29 bits per heavy atom. The van der Waals surface area contributed by atoms with E-state index in [0.717, 1.165) is 29.5 Å². The molecule has 0 atom stereocenters. The number of rotatable bonds is 6. The number of hydrogen-bond donors (Lipinski definition) is 1. The van der Waals surface area contributed by atoms with Gasteiger partial charge in [0.05, 0.1) is 5.75 Å². The van der Waals surface area contributed by atoms with Crippen LogP contribution in [0, 0.1) is 6.92 Å². The summed E-state index contributed by atoms with van der Waals surface area (Å²) in [7, 11) is 0. The molecule has 0 bridgehead atoms. The summed E-state index contributed by atoms with van der Waals surface area (Å²) < 4.78 is 2.10. The minimum atomic E-state index is -0.221. The van der Waals surface area contributed by atoms with Gasteiger partial charge in [-0.25, -0.2) is 0 Å². The van der Waals surface area contributed by atoms with E-state index in [9.17, 15) is 4.79 Å². The van der Waals surface area contributed by atoms with Gasteiger partial charge in [-0.1, -0.05) is 42.4 Å². The zero-order chi connectivity index (χ0) is 17.7. The smallest absolute Gasteiger partial charge is 0.230 e. The zero-order valence-corrected chi connectivity index (χ0v) is 15.9. The molecule has 0 fully saturated rings. The Balaban J connectivity index is 2.18. The fourth-order valence-electron chi connectivity index (χ4n) is 2.40. The molecule has 5 nitrogen and oxygen atoms in total. The molecule has 0 saturated heterocycles. The van der Waals surface area contributed by atoms with E-state index in [0.29, 0.717) is 5.75 Å². The fourth-order valence-corrected chi connectivity index (χ4v) is 3.17. The van der Waals surface area contributed by atoms with Crippen molar-refractivity contribution < 1.29 is 4.79 Å². The molecular formula is C18H26N4OS. The molecule has 0 spiro atoms. The van der Waals surface area contributed by atoms with E-state index in [-0.39, 0.29) is 11.4 Å². The molecule has 0 aliphatic heterocycles. The first-order valence-corrected chi connectivity index (χ1v) is 9.23. The van der Waals surface area contributed by atoms with Gasteiger partial charge in [-0.2, -0.15) is 0 Å². The van der Waals surface area contributed by atoms with Crippen LogP contribution in [-0.4, -0.2) is 32.0 Å². The molecule has 24 heavy (non-hydrogen) atoms. The van der Waals surface area contributed by atoms with Gasteiger partial charge in [-0.05, 0) is 40.2 Å². The second-order valence-corrected chi connectivity index (χ2v) is 7.86. The molecule has 1 heterocycles. The van der Waals surface area contributed by atoms with Crippen LogP contribution in [-0.2, 0) is 11.3 Å². The maximum atomic E-state index is 12.0. The average molecular weight is 347 g/mol. The molecule has 0 unspecified atom stereocenters. The first kappa shape index (κ1) is 18.5. The van der Waals surface area contributed by atoms with Crippen LogP contribution in [0.5, 0.6) is 0 Å². The Bertz CT molecular complexity index is 703. The van der Waals surface area contributed by atoms with Crippen molar-refractivity contribution >= 4 is 17.7 Å². The van der Waals surface area contributed by atoms with E-state index in [4.69, 9.17) is 0 Å². The molecule has 1 amide bonds. The number of benzene rings is 1. The maximum Gasteiger partial charge on any atom is 0.230 e. The molecule has 2 rings (SSSR count). The van der Waals surface area contributed by atoms with Crippen LogP contribution in [0.15, 0.2) is 29.4 Å². The van der Waals surface area contributed by atoms with Gasteiger partial charge in [-0.3, -0.25) is 4.79 Å². The number of aromatic nitrogens is 3. The third kappa shape index (κ3) is 5.09. The highest BCUT2D eigenvalue weighted by molar-refractivity contribution is 7.99. The molecule has 1 N–H and O–H groups in total. The lowest BCUT2D eigenvalue weighted by molar-refractivity contribution is -0.119. The Labute approximate surface area is 148 Å². The van der Waals surface area contributed by atoms with Crippen LogP contribution in [0.1, 0.15) is 39.7 Å². The summed E-state index contributed by atoms with van der Waals surface area (Å²) in [4.78, 5) is 12.0. The van der Waals surface area contributed by atoms with Crippen molar-refractivity contribution in [2.24, 2.45) is 0 Å². The van der Waals surface area contributed by atoms with Crippen LogP contribution in [0.4, 0.5) is 0 Å². The van der Waals surface area contributed by atoms with Crippen LogP contribution in [0.25, 0.3) is 11.4 Å². The van der Waals surface area contributed by atoms with Crippen molar-refractivity contribution in [3.63, 3.8) is 0 Å². The van der Waals surface area contributed by atoms with Crippen molar-refractivity contribution in [3.05, 3.63) is 29.8 Å². The molecule has 6 heteroatoms. The summed E-state index contributed by atoms with van der Waals surface area (Å²) in [5, 5.41) is 12.4. The van der Waals surface area contributed by atoms with Gasteiger partial charge < -0.3 is 9.88 Å². The predicted octanol–water partition coefficient (Wildman–Crippen LogP) is 3.67. The second-order valence-electron chi connectivity index (χ2n) is 6.91. The first-order chi connectivity index (χ1) is 11.3. The van der Waals surface area contributed by atoms with Crippen LogP contribution in [0.2, 0.25) is 0 Å². The van der Waals surface area contributed by atoms with Crippen molar-refractivity contribution in [1.29, 1.82) is 0 Å². The molecule has 0 radical (unpaired) electrons. The lowest BCUT2D eigenvalue weighted by atomic mass is 10.1. The molecule has 0 aliphatic rings. The van der Waals surface area contributed by atoms with Crippen molar-refractivity contribution in [2.75, 3.05) is 5.75 Å². The fraction of sp³-hybridized carbons (Fsp3) is 0.500. The molecule has 130 valence electrons. The number of hydrogen-bond acceptors (Lipinski definition) is 4. The standard InChI is InChI=1S/C18H26N4OS/c1-6-10-22-16(14-9-7-8-13(2)11-14)20-21-17(22)24-12-15(23)19-18(3,4)5/h7-9,11H,6,10,12H2,1-5H3,(H,19,23). The lowest BCUT2D eigenvalue weighted by Gasteiger charge is -2.20. The SMILES string of the molecule is CCCn1c(SCC(=O)NC(C)(C)C)nnc1-c1cccc(C)c1. The van der Waals surface area contributed by atoms with Gasteiger partial charge in [-0.15, -0.1) is 10.2 Å². The topological polar surface area (TPSA) is 59.8 Å². The van der Waals surface area contributed by atoms with Crippen molar-refractivity contribution in [3.8, 4) is 11.4 Å². The number of amides is 1. The van der Waals surface area contributed by atoms with Crippen LogP contribution in [0.3, 0.4) is 0 Å². The highest BCUT2D eigenvalue weighted by Crippen LogP contribution is 2.25. The average Bonchev–Trinajstić information content (AvgIpc) is 2.87. The van der Waals surface area contributed by atoms with E-state index in [1.807, 2.05) is 32.9 Å². The van der Waals surface area contributed by atoms with Gasteiger partial charge in [0, 0.05) is 17.6 Å². The third-order valence-corrected chi connectivity index (χ3v) is 4.25. The summed E-state index contributed by atoms with van der Waals surface area (Å²) in [5.41, 5.74) is 2.03. The second kappa shape index (κ2) is 7.83. The summed E-state index contributed by atoms with van der Waals surface area (Å²) in [6.07, 6.45) is 0.985. The number of thioether (sulfide) groups is 1. The van der Waals surface area contributed by atoms with Crippen LogP contribution < -0.4 is 5.32 Å². The van der Waals surface area contributed by atoms with E-state index < -0.39 is 0 Å². The summed E-state index contributed by atoms with van der Waals surface area (Å²) >= 11 is 1.43. The number of carbonyl (C=O) groups excluding carboxylic acids is 1. The maximum absolute atomic E-state index is 12.0. The largest absolute Gasteiger partial charge is 0.351 e. The van der Waals surface area contributed by atoms with Gasteiger partial charge in [0.1, 0.15) is 0 Å². The molecule has 2 aromatic rings. The quantitative estimate of drug-likeness (QED) is 0.811. The van der Waals surface area contributed by atoms with E-state index in [2.05, 4.69) is 46.1 Å². The Morgan fingerprint density at radius 3 is 2.67 bits per heavy atom. The summed E-state index contributed by atoms with van der Waals surface area (Å²) in [5.74, 6) is 1.21. The van der Waals surface area contributed by atoms with Gasteiger partial charge in [0.25, 0.3) is 0 Å². The monoisotopic (exact) mass is 346 g/mol. The van der Waals surface area contributed by atoms with Gasteiger partial charge in [0.15, 0.2) is 11.0 Å². The minimum Gasteiger partial charge on any atom is -0.351 e. The zero-order valence-electron chi connectivity index (χ0n) is 15.1. The number of aryl methyl sites for hydroxylation is 1. The van der Waals surface area contributed by atoms with E-state index >= 15 is 0 Å². The Hall–Kier alpha value is -1.82. The highest BCUT2D eigenvalue weighted by atomic mass is 32.2. The molecule has 1 aromatic heterocycles. The molecule has 1 aromatic carbocycles. The molecule has 0 saturated carbocycles. The van der Waals surface area contributed by atoms with Crippen molar-refractivity contribution in [1.82, 2.24) is 20.1 Å². The number of nitrogens with zero attached hydrogens (tertiary/aromatic N) is 3. The van der Waals surface area contributed by atoms with Gasteiger partial charge >= 0.3 is 0 Å². The highest BCUT2D eigenvalue weighted by Gasteiger charge is 2.17. The lowest BCUT2D eigenvalue weighted by Crippen LogP contribution is -2.41. The number of nitrogens with one attached hydrogen (secondary N) is 1. The summed E-state index contributed by atoms with van der Waals surface area (Å²) in [6, 6.07) is 8.25. The number of carbonyl (C=O) groups is 1. The summed E-state index contributed by atoms with van der Waals surface area (Å²) in [6.45, 7) is 11.0. The van der Waals surface area contributed by atoms with E-state index in [1.54, 1.807) is 0 Å². The predicted molar refractivity (Wildman–Crippen MR) is 99.1 cm³/mol. The normalized spacial score (nSPS) is 11.5. The van der Waals surface area contributed by atoms with Crippen LogP contribution >= 0.6 is 11.8 Å². The molecule has 0 aliphatic carbocycles. The minimum absolute atomic E-state index is 0.00986. The molecular weight excluding hydrogens is 320 g/mol. The third-order valence-electron chi connectivity index (χ3n) is 3.29. The van der Waals surface area contributed by atoms with E-state index in [1.165, 1.54) is 17.3 Å².